The zero-order valence-corrected chi connectivity index (χ0v) is 24.0. The third kappa shape index (κ3) is 6.95. The molecule has 0 bridgehead atoms. The van der Waals surface area contributed by atoms with Gasteiger partial charge in [-0.1, -0.05) is 55.5 Å². The molecule has 0 N–H and O–H groups in total. The summed E-state index contributed by atoms with van der Waals surface area (Å²) < 4.78 is 69.6. The lowest BCUT2D eigenvalue weighted by atomic mass is 10.0. The first-order chi connectivity index (χ1) is 19.1. The highest BCUT2D eigenvalue weighted by Crippen LogP contribution is 2.25. The molecule has 0 aliphatic carbocycles. The predicted molar refractivity (Wildman–Crippen MR) is 151 cm³/mol. The summed E-state index contributed by atoms with van der Waals surface area (Å²) in [6.45, 7) is 2.11. The van der Waals surface area contributed by atoms with Gasteiger partial charge in [0.05, 0.1) is 16.3 Å². The predicted octanol–water partition coefficient (Wildman–Crippen LogP) is 4.11. The average molecular weight is 588 g/mol. The van der Waals surface area contributed by atoms with Gasteiger partial charge in [0.2, 0.25) is 26.0 Å². The third-order valence-corrected chi connectivity index (χ3v) is 10.7. The molecule has 4 rings (SSSR count). The fourth-order valence-corrected chi connectivity index (χ4v) is 7.90. The Hall–Kier alpha value is -3.12. The van der Waals surface area contributed by atoms with E-state index < -0.39 is 31.8 Å². The molecular weight excluding hydrogens is 553 g/mol. The molecule has 1 aliphatic heterocycles. The standard InChI is InChI=1S/C29H34FN3O5S2/c1-2-18-32(40(37,38)28-14-7-4-8-15-28)23-29(34)33(22-24-10-9-11-25(30)21-24)26-16-19-31(20-17-26)39(35,36)27-12-5-3-6-13-27/h3-15,21,26H,2,16-20,22-23H2,1H3. The first-order valence-corrected chi connectivity index (χ1v) is 16.1. The molecule has 214 valence electrons. The van der Waals surface area contributed by atoms with E-state index >= 15 is 0 Å². The van der Waals surface area contributed by atoms with Crippen molar-refractivity contribution in [3.63, 3.8) is 0 Å². The Morgan fingerprint density at radius 2 is 1.48 bits per heavy atom. The van der Waals surface area contributed by atoms with Crippen molar-refractivity contribution in [2.24, 2.45) is 0 Å². The molecule has 1 fully saturated rings. The zero-order valence-electron chi connectivity index (χ0n) is 22.4. The molecule has 8 nitrogen and oxygen atoms in total. The van der Waals surface area contributed by atoms with Crippen LogP contribution in [0.15, 0.2) is 94.7 Å². The van der Waals surface area contributed by atoms with Crippen LogP contribution in [0.1, 0.15) is 31.7 Å². The van der Waals surface area contributed by atoms with E-state index in [1.54, 1.807) is 65.6 Å². The van der Waals surface area contributed by atoms with Crippen LogP contribution < -0.4 is 0 Å². The number of carbonyl (C=O) groups excluding carboxylic acids is 1. The summed E-state index contributed by atoms with van der Waals surface area (Å²) in [5, 5.41) is 0. The maximum absolute atomic E-state index is 14.0. The fraction of sp³-hybridized carbons (Fsp3) is 0.345. The molecule has 0 aromatic heterocycles. The van der Waals surface area contributed by atoms with Gasteiger partial charge in [-0.25, -0.2) is 21.2 Å². The second kappa shape index (κ2) is 13.0. The van der Waals surface area contributed by atoms with Gasteiger partial charge in [-0.2, -0.15) is 8.61 Å². The van der Waals surface area contributed by atoms with E-state index in [0.29, 0.717) is 24.8 Å². The van der Waals surface area contributed by atoms with Gasteiger partial charge < -0.3 is 4.90 Å². The molecule has 1 amide bonds. The van der Waals surface area contributed by atoms with Crippen molar-refractivity contribution in [3.05, 3.63) is 96.3 Å². The number of rotatable bonds is 11. The average Bonchev–Trinajstić information content (AvgIpc) is 2.96. The minimum Gasteiger partial charge on any atom is -0.334 e. The number of hydrogen-bond acceptors (Lipinski definition) is 5. The fourth-order valence-electron chi connectivity index (χ4n) is 4.91. The molecule has 3 aromatic carbocycles. The van der Waals surface area contributed by atoms with Gasteiger partial charge >= 0.3 is 0 Å². The quantitative estimate of drug-likeness (QED) is 0.337. The first kappa shape index (κ1) is 29.9. The Morgan fingerprint density at radius 1 is 0.875 bits per heavy atom. The summed E-state index contributed by atoms with van der Waals surface area (Å²) in [5.74, 6) is -0.852. The van der Waals surface area contributed by atoms with E-state index in [0.717, 1.165) is 0 Å². The van der Waals surface area contributed by atoms with Crippen LogP contribution in [0.5, 0.6) is 0 Å². The maximum Gasteiger partial charge on any atom is 0.243 e. The molecule has 0 atom stereocenters. The van der Waals surface area contributed by atoms with Crippen LogP contribution in [0.3, 0.4) is 0 Å². The summed E-state index contributed by atoms with van der Waals surface area (Å²) in [5.41, 5.74) is 0.570. The van der Waals surface area contributed by atoms with Gasteiger partial charge in [0.1, 0.15) is 5.82 Å². The van der Waals surface area contributed by atoms with Crippen molar-refractivity contribution in [2.75, 3.05) is 26.2 Å². The van der Waals surface area contributed by atoms with E-state index in [2.05, 4.69) is 0 Å². The molecule has 0 radical (unpaired) electrons. The van der Waals surface area contributed by atoms with Crippen molar-refractivity contribution in [2.45, 2.75) is 48.6 Å². The summed E-state index contributed by atoms with van der Waals surface area (Å²) in [4.78, 5) is 15.7. The van der Waals surface area contributed by atoms with E-state index in [-0.39, 0.29) is 48.6 Å². The molecule has 0 unspecified atom stereocenters. The highest BCUT2D eigenvalue weighted by Gasteiger charge is 2.35. The highest BCUT2D eigenvalue weighted by atomic mass is 32.2. The van der Waals surface area contributed by atoms with E-state index in [4.69, 9.17) is 0 Å². The van der Waals surface area contributed by atoms with Crippen LogP contribution in [0, 0.1) is 5.82 Å². The smallest absolute Gasteiger partial charge is 0.243 e. The van der Waals surface area contributed by atoms with Crippen LogP contribution in [-0.4, -0.2) is 68.5 Å². The lowest BCUT2D eigenvalue weighted by molar-refractivity contribution is -0.135. The van der Waals surface area contributed by atoms with Crippen LogP contribution in [0.4, 0.5) is 4.39 Å². The summed E-state index contributed by atoms with van der Waals surface area (Å²) in [6, 6.07) is 21.8. The number of hydrogen-bond donors (Lipinski definition) is 0. The van der Waals surface area contributed by atoms with Crippen molar-refractivity contribution >= 4 is 26.0 Å². The Bertz CT molecular complexity index is 1490. The second-order valence-corrected chi connectivity index (χ2v) is 13.6. The normalized spacial score (nSPS) is 15.3. The number of piperidine rings is 1. The van der Waals surface area contributed by atoms with E-state index in [1.807, 2.05) is 6.92 Å². The SMILES string of the molecule is CCCN(CC(=O)N(Cc1cccc(F)c1)C1CCN(S(=O)(=O)c2ccccc2)CC1)S(=O)(=O)c1ccccc1. The number of benzene rings is 3. The monoisotopic (exact) mass is 587 g/mol. The molecule has 1 saturated heterocycles. The summed E-state index contributed by atoms with van der Waals surface area (Å²) >= 11 is 0. The number of halogens is 1. The van der Waals surface area contributed by atoms with Crippen LogP contribution in [0.2, 0.25) is 0 Å². The number of carbonyl (C=O) groups is 1. The lowest BCUT2D eigenvalue weighted by Gasteiger charge is -2.39. The summed E-state index contributed by atoms with van der Waals surface area (Å²) in [7, 11) is -7.60. The molecular formula is C29H34FN3O5S2. The van der Waals surface area contributed by atoms with Gasteiger partial charge in [0.15, 0.2) is 0 Å². The van der Waals surface area contributed by atoms with Crippen molar-refractivity contribution in [1.82, 2.24) is 13.5 Å². The topological polar surface area (TPSA) is 95.1 Å². The minimum absolute atomic E-state index is 0.0814. The Labute approximate surface area is 236 Å². The van der Waals surface area contributed by atoms with Crippen LogP contribution in [0.25, 0.3) is 0 Å². The number of amides is 1. The Kier molecular flexibility index (Phi) is 9.72. The molecule has 11 heteroatoms. The van der Waals surface area contributed by atoms with Crippen molar-refractivity contribution < 1.29 is 26.0 Å². The minimum atomic E-state index is -3.92. The van der Waals surface area contributed by atoms with Gasteiger partial charge in [-0.05, 0) is 61.2 Å². The van der Waals surface area contributed by atoms with Gasteiger partial charge in [0.25, 0.3) is 0 Å². The third-order valence-electron chi connectivity index (χ3n) is 6.97. The molecule has 1 aliphatic rings. The highest BCUT2D eigenvalue weighted by molar-refractivity contribution is 7.89. The van der Waals surface area contributed by atoms with E-state index in [9.17, 15) is 26.0 Å². The van der Waals surface area contributed by atoms with E-state index in [1.165, 1.54) is 32.9 Å². The van der Waals surface area contributed by atoms with Gasteiger partial charge in [0, 0.05) is 32.2 Å². The molecule has 40 heavy (non-hydrogen) atoms. The summed E-state index contributed by atoms with van der Waals surface area (Å²) in [6.07, 6.45) is 1.25. The first-order valence-electron chi connectivity index (χ1n) is 13.3. The van der Waals surface area contributed by atoms with Crippen molar-refractivity contribution in [3.8, 4) is 0 Å². The number of sulfonamides is 2. The molecule has 0 spiro atoms. The lowest BCUT2D eigenvalue weighted by Crippen LogP contribution is -2.51. The zero-order chi connectivity index (χ0) is 28.8. The number of nitrogens with zero attached hydrogens (tertiary/aromatic N) is 3. The van der Waals surface area contributed by atoms with Gasteiger partial charge in [-0.15, -0.1) is 0 Å². The van der Waals surface area contributed by atoms with Gasteiger partial charge in [-0.3, -0.25) is 4.79 Å². The van der Waals surface area contributed by atoms with Crippen LogP contribution in [-0.2, 0) is 31.4 Å². The molecule has 3 aromatic rings. The Morgan fingerprint density at radius 3 is 2.05 bits per heavy atom. The largest absolute Gasteiger partial charge is 0.334 e. The van der Waals surface area contributed by atoms with Crippen LogP contribution >= 0.6 is 0 Å². The molecule has 0 saturated carbocycles. The second-order valence-electron chi connectivity index (χ2n) is 9.75. The molecule has 1 heterocycles. The van der Waals surface area contributed by atoms with Crippen molar-refractivity contribution in [1.29, 1.82) is 0 Å². The Balaban J connectivity index is 1.56. The maximum atomic E-state index is 14.0.